The highest BCUT2D eigenvalue weighted by molar-refractivity contribution is 9.11. The molecule has 9 heteroatoms. The molecule has 30 heavy (non-hydrogen) atoms. The molecule has 0 spiro atoms. The SMILES string of the molecule is CC(C)Oc1ccc(Br)cn1.CC(C)n1cc(Br)ccc1=O.O=c1ccc(Br)c[nH]1. The van der Waals surface area contributed by atoms with Gasteiger partial charge in [-0.2, -0.15) is 0 Å². The summed E-state index contributed by atoms with van der Waals surface area (Å²) in [4.78, 5) is 28.0. The predicted octanol–water partition coefficient (Wildman–Crippen LogP) is 5.96. The normalized spacial score (nSPS) is 10.0. The number of H-pyrrole nitrogens is 1. The Bertz CT molecular complexity index is 996. The van der Waals surface area contributed by atoms with Crippen molar-refractivity contribution in [2.75, 3.05) is 0 Å². The number of nitrogens with zero attached hydrogens (tertiary/aromatic N) is 2. The second kappa shape index (κ2) is 13.6. The first-order chi connectivity index (χ1) is 14.1. The molecule has 0 radical (unpaired) electrons. The van der Waals surface area contributed by atoms with Gasteiger partial charge in [0, 0.05) is 56.2 Å². The van der Waals surface area contributed by atoms with Crippen LogP contribution in [0.2, 0.25) is 0 Å². The van der Waals surface area contributed by atoms with Gasteiger partial charge in [-0.05, 0) is 93.7 Å². The van der Waals surface area contributed by atoms with Gasteiger partial charge >= 0.3 is 0 Å². The number of pyridine rings is 3. The lowest BCUT2D eigenvalue weighted by atomic mass is 10.3. The fourth-order valence-corrected chi connectivity index (χ4v) is 2.78. The summed E-state index contributed by atoms with van der Waals surface area (Å²) < 4.78 is 9.81. The van der Waals surface area contributed by atoms with Crippen LogP contribution in [0.1, 0.15) is 33.7 Å². The Balaban J connectivity index is 0.000000228. The van der Waals surface area contributed by atoms with E-state index < -0.39 is 0 Å². The van der Waals surface area contributed by atoms with E-state index in [0.717, 1.165) is 13.4 Å². The summed E-state index contributed by atoms with van der Waals surface area (Å²) in [6.07, 6.45) is 5.30. The van der Waals surface area contributed by atoms with Crippen LogP contribution < -0.4 is 15.9 Å². The highest BCUT2D eigenvalue weighted by Gasteiger charge is 1.99. The van der Waals surface area contributed by atoms with Crippen molar-refractivity contribution in [3.63, 3.8) is 0 Å². The Hall–Kier alpha value is -1.71. The van der Waals surface area contributed by atoms with E-state index in [0.29, 0.717) is 5.88 Å². The van der Waals surface area contributed by atoms with Crippen LogP contribution in [0.25, 0.3) is 0 Å². The molecule has 3 aromatic heterocycles. The monoisotopic (exact) mass is 603 g/mol. The van der Waals surface area contributed by atoms with Gasteiger partial charge in [-0.15, -0.1) is 0 Å². The minimum atomic E-state index is -0.0757. The summed E-state index contributed by atoms with van der Waals surface area (Å²) >= 11 is 9.77. The van der Waals surface area contributed by atoms with E-state index in [9.17, 15) is 9.59 Å². The van der Waals surface area contributed by atoms with Crippen LogP contribution in [0.3, 0.4) is 0 Å². The first-order valence-electron chi connectivity index (χ1n) is 9.08. The maximum atomic E-state index is 11.2. The van der Waals surface area contributed by atoms with E-state index in [-0.39, 0.29) is 23.3 Å². The minimum Gasteiger partial charge on any atom is -0.475 e. The van der Waals surface area contributed by atoms with E-state index in [1.54, 1.807) is 41.4 Å². The largest absolute Gasteiger partial charge is 0.475 e. The van der Waals surface area contributed by atoms with Crippen LogP contribution in [0.15, 0.2) is 78.0 Å². The van der Waals surface area contributed by atoms with E-state index in [2.05, 4.69) is 57.8 Å². The molecule has 0 atom stereocenters. The van der Waals surface area contributed by atoms with Gasteiger partial charge in [-0.25, -0.2) is 4.98 Å². The first kappa shape index (κ1) is 26.3. The molecule has 0 saturated carbocycles. The van der Waals surface area contributed by atoms with Gasteiger partial charge in [0.25, 0.3) is 5.56 Å². The van der Waals surface area contributed by atoms with E-state index in [4.69, 9.17) is 4.74 Å². The fourth-order valence-electron chi connectivity index (χ4n) is 1.95. The lowest BCUT2D eigenvalue weighted by Gasteiger charge is -2.08. The number of ether oxygens (including phenoxy) is 1. The molecule has 0 aliphatic heterocycles. The Labute approximate surface area is 201 Å². The second-order valence-electron chi connectivity index (χ2n) is 6.54. The Kier molecular flexibility index (Phi) is 11.9. The zero-order valence-electron chi connectivity index (χ0n) is 17.1. The number of hydrogen-bond acceptors (Lipinski definition) is 4. The van der Waals surface area contributed by atoms with Gasteiger partial charge in [0.1, 0.15) is 0 Å². The van der Waals surface area contributed by atoms with Crippen LogP contribution >= 0.6 is 47.8 Å². The summed E-state index contributed by atoms with van der Waals surface area (Å²) in [5.74, 6) is 0.670. The molecule has 1 N–H and O–H groups in total. The minimum absolute atomic E-state index is 0.0446. The maximum absolute atomic E-state index is 11.2. The molecule has 0 aromatic carbocycles. The van der Waals surface area contributed by atoms with Crippen LogP contribution in [0, 0.1) is 0 Å². The third-order valence-electron chi connectivity index (χ3n) is 3.26. The maximum Gasteiger partial charge on any atom is 0.250 e. The van der Waals surface area contributed by atoms with Gasteiger partial charge in [-0.1, -0.05) is 0 Å². The molecule has 0 aliphatic carbocycles. The molecule has 162 valence electrons. The summed E-state index contributed by atoms with van der Waals surface area (Å²) in [5.41, 5.74) is -0.0311. The molecular formula is C21H24Br3N3O3. The van der Waals surface area contributed by atoms with Crippen molar-refractivity contribution in [3.05, 3.63) is 89.1 Å². The zero-order chi connectivity index (χ0) is 22.7. The van der Waals surface area contributed by atoms with Crippen LogP contribution in [-0.2, 0) is 0 Å². The summed E-state index contributed by atoms with van der Waals surface area (Å²) in [6, 6.07) is 10.4. The smallest absolute Gasteiger partial charge is 0.250 e. The Morgan fingerprint density at radius 2 is 1.53 bits per heavy atom. The molecule has 0 amide bonds. The number of rotatable bonds is 3. The van der Waals surface area contributed by atoms with E-state index in [1.807, 2.05) is 39.8 Å². The molecule has 0 bridgehead atoms. The fraction of sp³-hybridized carbons (Fsp3) is 0.286. The molecule has 6 nitrogen and oxygen atoms in total. The molecule has 0 unspecified atom stereocenters. The van der Waals surface area contributed by atoms with Crippen molar-refractivity contribution in [1.29, 1.82) is 0 Å². The average molecular weight is 606 g/mol. The van der Waals surface area contributed by atoms with Gasteiger partial charge in [0.15, 0.2) is 0 Å². The summed E-state index contributed by atoms with van der Waals surface area (Å²) in [5, 5.41) is 0. The molecular weight excluding hydrogens is 582 g/mol. The van der Waals surface area contributed by atoms with Crippen molar-refractivity contribution < 1.29 is 4.74 Å². The van der Waals surface area contributed by atoms with Crippen molar-refractivity contribution in [3.8, 4) is 5.88 Å². The lowest BCUT2D eigenvalue weighted by molar-refractivity contribution is 0.232. The number of nitrogens with one attached hydrogen (secondary N) is 1. The van der Waals surface area contributed by atoms with E-state index >= 15 is 0 Å². The highest BCUT2D eigenvalue weighted by Crippen LogP contribution is 2.13. The van der Waals surface area contributed by atoms with Crippen molar-refractivity contribution in [1.82, 2.24) is 14.5 Å². The quantitative estimate of drug-likeness (QED) is 0.400. The first-order valence-corrected chi connectivity index (χ1v) is 11.5. The second-order valence-corrected chi connectivity index (χ2v) is 9.29. The van der Waals surface area contributed by atoms with Gasteiger partial charge in [0.2, 0.25) is 11.4 Å². The predicted molar refractivity (Wildman–Crippen MR) is 131 cm³/mol. The third kappa shape index (κ3) is 10.9. The highest BCUT2D eigenvalue weighted by atomic mass is 79.9. The summed E-state index contributed by atoms with van der Waals surface area (Å²) in [6.45, 7) is 7.91. The number of hydrogen-bond donors (Lipinski definition) is 1. The number of halogens is 3. The number of aromatic nitrogens is 3. The molecule has 3 aromatic rings. The molecule has 0 fully saturated rings. The van der Waals surface area contributed by atoms with Gasteiger partial charge in [0.05, 0.1) is 6.10 Å². The molecule has 3 heterocycles. The Morgan fingerprint density at radius 3 is 1.97 bits per heavy atom. The third-order valence-corrected chi connectivity index (χ3v) is 4.69. The van der Waals surface area contributed by atoms with Crippen molar-refractivity contribution in [2.45, 2.75) is 39.8 Å². The molecule has 3 rings (SSSR count). The zero-order valence-corrected chi connectivity index (χ0v) is 21.9. The van der Waals surface area contributed by atoms with Crippen LogP contribution in [0.5, 0.6) is 5.88 Å². The van der Waals surface area contributed by atoms with Gasteiger partial charge in [-0.3, -0.25) is 9.59 Å². The van der Waals surface area contributed by atoms with Crippen molar-refractivity contribution >= 4 is 47.8 Å². The Morgan fingerprint density at radius 1 is 0.900 bits per heavy atom. The van der Waals surface area contributed by atoms with Crippen LogP contribution in [0.4, 0.5) is 0 Å². The van der Waals surface area contributed by atoms with Crippen molar-refractivity contribution in [2.24, 2.45) is 0 Å². The summed E-state index contributed by atoms with van der Waals surface area (Å²) in [7, 11) is 0. The van der Waals surface area contributed by atoms with Crippen LogP contribution in [-0.4, -0.2) is 20.6 Å². The van der Waals surface area contributed by atoms with Gasteiger partial charge < -0.3 is 14.3 Å². The topological polar surface area (TPSA) is 77.0 Å². The molecule has 0 saturated heterocycles. The molecule has 0 aliphatic rings. The lowest BCUT2D eigenvalue weighted by Crippen LogP contribution is -2.19. The average Bonchev–Trinajstić information content (AvgIpc) is 2.68. The standard InChI is InChI=1S/2C8H10BrNO.C5H4BrNO/c1-6(2)11-8-4-3-7(9)5-10-8;1-6(2)10-5-7(9)3-4-8(10)11;6-4-1-2-5(8)7-3-4/h2*3-6H,1-2H3;1-3H,(H,7,8). The number of aromatic amines is 1. The van der Waals surface area contributed by atoms with E-state index in [1.165, 1.54) is 6.07 Å².